The molecule has 0 aliphatic heterocycles. The van der Waals surface area contributed by atoms with Crippen molar-refractivity contribution < 1.29 is 43.6 Å². The number of unbranched alkanes of at least 4 members (excludes halogenated alkanes) is 14. The summed E-state index contributed by atoms with van der Waals surface area (Å²) in [5.41, 5.74) is 0. The van der Waals surface area contributed by atoms with Crippen molar-refractivity contribution in [2.75, 3.05) is 47.5 Å². The molecule has 4 N–H and O–H groups in total. The van der Waals surface area contributed by atoms with Crippen molar-refractivity contribution in [3.05, 3.63) is 0 Å². The Hall–Kier alpha value is -0.160. The molecular formula is C29H62NO8PS. The van der Waals surface area contributed by atoms with Crippen molar-refractivity contribution in [1.29, 1.82) is 0 Å². The molecular weight excluding hydrogens is 553 g/mol. The van der Waals surface area contributed by atoms with Crippen LogP contribution in [0, 0.1) is 0 Å². The van der Waals surface area contributed by atoms with Crippen molar-refractivity contribution in [3.63, 3.8) is 0 Å². The Bertz CT molecular complexity index is 615. The molecule has 0 aromatic rings. The molecule has 0 heterocycles. The fourth-order valence-corrected chi connectivity index (χ4v) is 4.60. The van der Waals surface area contributed by atoms with Crippen LogP contribution in [0.5, 0.6) is 0 Å². The number of aliphatic carboxylic acids is 1. The minimum atomic E-state index is -3.68. The molecule has 0 amide bonds. The molecule has 0 aliphatic carbocycles. The molecule has 0 rings (SSSR count). The third kappa shape index (κ3) is 35.9. The van der Waals surface area contributed by atoms with Crippen molar-refractivity contribution in [3.8, 4) is 0 Å². The molecule has 0 fully saturated rings. The van der Waals surface area contributed by atoms with Crippen LogP contribution in [-0.2, 0) is 25.9 Å². The Balaban J connectivity index is 0. The van der Waals surface area contributed by atoms with E-state index in [0.717, 1.165) is 12.8 Å². The number of aliphatic hydroxyl groups excluding tert-OH is 2. The van der Waals surface area contributed by atoms with Gasteiger partial charge in [-0.25, -0.2) is 0 Å². The fraction of sp³-hybridized carbons (Fsp3) is 0.966. The highest BCUT2D eigenvalue weighted by molar-refractivity contribution is 8.06. The maximum atomic E-state index is 10.5. The van der Waals surface area contributed by atoms with Gasteiger partial charge in [-0.1, -0.05) is 109 Å². The molecule has 0 aliphatic rings. The third-order valence-electron chi connectivity index (χ3n) is 6.60. The first-order chi connectivity index (χ1) is 18.8. The van der Waals surface area contributed by atoms with Gasteiger partial charge in [-0.3, -0.25) is 4.79 Å². The second-order valence-corrected chi connectivity index (χ2v) is 14.3. The van der Waals surface area contributed by atoms with Gasteiger partial charge >= 0.3 is 5.97 Å². The fourth-order valence-electron chi connectivity index (χ4n) is 4.06. The molecule has 0 aromatic carbocycles. The van der Waals surface area contributed by atoms with E-state index in [1.165, 1.54) is 77.0 Å². The topological polar surface area (TPSA) is 140 Å². The van der Waals surface area contributed by atoms with Gasteiger partial charge in [-0.05, 0) is 19.3 Å². The summed E-state index contributed by atoms with van der Waals surface area (Å²) < 4.78 is 10.7. The van der Waals surface area contributed by atoms with E-state index in [1.807, 2.05) is 21.1 Å². The second kappa shape index (κ2) is 27.7. The molecule has 0 spiro atoms. The quantitative estimate of drug-likeness (QED) is 0.0562. The number of hydrogen-bond donors (Lipinski definition) is 4. The van der Waals surface area contributed by atoms with E-state index in [0.29, 0.717) is 36.9 Å². The standard InChI is InChI=1S/C24H48O5.C5H14NO3PS/c1-2-3-4-5-6-7-8-9-10-11-12-13-14-15-18-22(26)23(21-25)29-20-17-16-19-24(27)28;1-6(2,3)4-5-9-10(7,8)11/h22-23,25-26H,2-21H2,1H3,(H,27,28);4-5H2,1-3H3,(H-,7,8,11)/t22?,23-;/m0./s1. The van der Waals surface area contributed by atoms with E-state index < -0.39 is 24.9 Å². The van der Waals surface area contributed by atoms with Gasteiger partial charge in [0.05, 0.1) is 33.9 Å². The Morgan fingerprint density at radius 1 is 0.850 bits per heavy atom. The molecule has 0 radical (unpaired) electrons. The predicted octanol–water partition coefficient (Wildman–Crippen LogP) is 5.14. The van der Waals surface area contributed by atoms with E-state index in [-0.39, 0.29) is 19.6 Å². The van der Waals surface area contributed by atoms with Gasteiger partial charge in [0.25, 0.3) is 0 Å². The highest BCUT2D eigenvalue weighted by Gasteiger charge is 2.18. The van der Waals surface area contributed by atoms with Gasteiger partial charge in [-0.15, -0.1) is 0 Å². The van der Waals surface area contributed by atoms with Gasteiger partial charge < -0.3 is 38.9 Å². The lowest BCUT2D eigenvalue weighted by molar-refractivity contribution is -0.870. The molecule has 0 aromatic heterocycles. The third-order valence-corrected chi connectivity index (χ3v) is 7.42. The van der Waals surface area contributed by atoms with Crippen molar-refractivity contribution in [1.82, 2.24) is 0 Å². The van der Waals surface area contributed by atoms with E-state index >= 15 is 0 Å². The lowest BCUT2D eigenvalue weighted by atomic mass is 10.0. The molecule has 11 heteroatoms. The largest absolute Gasteiger partial charge is 0.780 e. The molecule has 3 atom stereocenters. The van der Waals surface area contributed by atoms with Crippen molar-refractivity contribution in [2.45, 2.75) is 135 Å². The first kappa shape index (κ1) is 42.0. The average molecular weight is 616 g/mol. The average Bonchev–Trinajstić information content (AvgIpc) is 2.85. The summed E-state index contributed by atoms with van der Waals surface area (Å²) in [6.07, 6.45) is 19.1. The number of carboxylic acids is 1. The van der Waals surface area contributed by atoms with E-state index in [1.54, 1.807) is 0 Å². The van der Waals surface area contributed by atoms with Crippen LogP contribution < -0.4 is 4.89 Å². The highest BCUT2D eigenvalue weighted by Crippen LogP contribution is 2.30. The van der Waals surface area contributed by atoms with Crippen molar-refractivity contribution in [2.24, 2.45) is 0 Å². The monoisotopic (exact) mass is 615 g/mol. The molecule has 9 nitrogen and oxygen atoms in total. The Morgan fingerprint density at radius 2 is 1.32 bits per heavy atom. The van der Waals surface area contributed by atoms with Crippen LogP contribution in [0.1, 0.15) is 122 Å². The van der Waals surface area contributed by atoms with Gasteiger partial charge in [0.2, 0.25) is 0 Å². The second-order valence-electron chi connectivity index (χ2n) is 11.7. The lowest BCUT2D eigenvalue weighted by Crippen LogP contribution is -2.37. The Morgan fingerprint density at radius 3 is 1.73 bits per heavy atom. The smallest absolute Gasteiger partial charge is 0.303 e. The van der Waals surface area contributed by atoms with Crippen LogP contribution >= 0.6 is 6.72 Å². The number of rotatable bonds is 27. The number of aliphatic hydroxyl groups is 2. The van der Waals surface area contributed by atoms with Crippen LogP contribution in [0.15, 0.2) is 0 Å². The molecule has 0 bridgehead atoms. The Labute approximate surface area is 250 Å². The van der Waals surface area contributed by atoms with Crippen LogP contribution in [0.3, 0.4) is 0 Å². The summed E-state index contributed by atoms with van der Waals surface area (Å²) in [4.78, 5) is 29.4. The number of hydrogen-bond acceptors (Lipinski definition) is 7. The summed E-state index contributed by atoms with van der Waals surface area (Å²) >= 11 is 4.16. The molecule has 242 valence electrons. The van der Waals surface area contributed by atoms with Crippen LogP contribution in [0.2, 0.25) is 0 Å². The van der Waals surface area contributed by atoms with Crippen LogP contribution in [0.4, 0.5) is 0 Å². The maximum Gasteiger partial charge on any atom is 0.303 e. The number of ether oxygens (including phenoxy) is 1. The number of likely N-dealkylation sites (N-methyl/N-ethyl adjacent to an activating group) is 1. The molecule has 0 saturated heterocycles. The summed E-state index contributed by atoms with van der Waals surface area (Å²) in [5, 5.41) is 28.1. The van der Waals surface area contributed by atoms with Gasteiger partial charge in [0, 0.05) is 13.0 Å². The molecule has 0 saturated carbocycles. The Kier molecular flexibility index (Phi) is 29.0. The number of carboxylic acid groups (broad SMARTS) is 1. The summed E-state index contributed by atoms with van der Waals surface area (Å²) in [6, 6.07) is 0. The first-order valence-electron chi connectivity index (χ1n) is 15.4. The summed E-state index contributed by atoms with van der Waals surface area (Å²) in [6.45, 7) is -0.338. The zero-order chi connectivity index (χ0) is 30.7. The number of carbonyl (C=O) groups is 1. The lowest BCUT2D eigenvalue weighted by Gasteiger charge is -2.26. The first-order valence-corrected chi connectivity index (χ1v) is 18.0. The molecule has 2 unspecified atom stereocenters. The van der Waals surface area contributed by atoms with Crippen molar-refractivity contribution >= 4 is 24.5 Å². The zero-order valence-corrected chi connectivity index (χ0v) is 27.6. The summed E-state index contributed by atoms with van der Waals surface area (Å²) in [7, 11) is 5.90. The SMILES string of the molecule is CCCCCCCCCCCCCCCCC(O)[C@H](CO)OCCCCC(=O)O.C[N+](C)(C)CCOP([O-])(O)=S. The van der Waals surface area contributed by atoms with Crippen LogP contribution in [-0.4, -0.2) is 90.4 Å². The minimum absolute atomic E-state index is 0.134. The van der Waals surface area contributed by atoms with E-state index in [4.69, 9.17) is 14.7 Å². The summed E-state index contributed by atoms with van der Waals surface area (Å²) in [5.74, 6) is -0.804. The minimum Gasteiger partial charge on any atom is -0.780 e. The highest BCUT2D eigenvalue weighted by atomic mass is 32.5. The maximum absolute atomic E-state index is 10.5. The van der Waals surface area contributed by atoms with Gasteiger partial charge in [0.15, 0.2) is 0 Å². The van der Waals surface area contributed by atoms with E-state index in [9.17, 15) is 19.9 Å². The van der Waals surface area contributed by atoms with Crippen LogP contribution in [0.25, 0.3) is 0 Å². The predicted molar refractivity (Wildman–Crippen MR) is 165 cm³/mol. The van der Waals surface area contributed by atoms with Gasteiger partial charge in [-0.2, -0.15) is 0 Å². The normalized spacial score (nSPS) is 14.7. The number of quaternary nitrogens is 1. The number of nitrogens with zero attached hydrogens (tertiary/aromatic N) is 1. The molecule has 40 heavy (non-hydrogen) atoms. The van der Waals surface area contributed by atoms with E-state index in [2.05, 4.69) is 23.3 Å². The zero-order valence-electron chi connectivity index (χ0n) is 25.9. The van der Waals surface area contributed by atoms with Gasteiger partial charge in [0.1, 0.15) is 26.0 Å².